The van der Waals surface area contributed by atoms with Gasteiger partial charge in [0.05, 0.1) is 6.54 Å². The van der Waals surface area contributed by atoms with E-state index in [1.807, 2.05) is 0 Å². The molecule has 0 radical (unpaired) electrons. The van der Waals surface area contributed by atoms with Crippen molar-refractivity contribution in [2.45, 2.75) is 12.8 Å². The largest absolute Gasteiger partial charge is 0.508 e. The minimum Gasteiger partial charge on any atom is -0.508 e. The first-order valence-corrected chi connectivity index (χ1v) is 6.72. The number of hydrogen-bond donors (Lipinski definition) is 3. The topological polar surface area (TPSA) is 98.7 Å². The van der Waals surface area contributed by atoms with Crippen LogP contribution in [0.15, 0.2) is 24.3 Å². The molecule has 0 saturated carbocycles. The van der Waals surface area contributed by atoms with E-state index in [0.717, 1.165) is 12.8 Å². The van der Waals surface area contributed by atoms with Crippen LogP contribution in [0.5, 0.6) is 5.75 Å². The molecule has 1 aliphatic heterocycles. The number of phenols is 1. The number of carbonyl (C=O) groups excluding carboxylic acids is 3. The Morgan fingerprint density at radius 3 is 2.52 bits per heavy atom. The standard InChI is InChI=1S/C14H17N3O4/c18-11-5-3-4-10(8-11)16-14(21)13(20)15-9-12(19)17-6-1-2-7-17/h3-5,8,18H,1-2,6-7,9H2,(H,15,20)(H,16,21). The van der Waals surface area contributed by atoms with Gasteiger partial charge >= 0.3 is 11.8 Å². The summed E-state index contributed by atoms with van der Waals surface area (Å²) >= 11 is 0. The zero-order chi connectivity index (χ0) is 15.2. The molecular formula is C14H17N3O4. The number of likely N-dealkylation sites (tertiary alicyclic amines) is 1. The van der Waals surface area contributed by atoms with Crippen LogP contribution >= 0.6 is 0 Å². The molecule has 1 heterocycles. The molecule has 0 unspecified atom stereocenters. The molecule has 3 amide bonds. The molecule has 1 fully saturated rings. The lowest BCUT2D eigenvalue weighted by molar-refractivity contribution is -0.138. The van der Waals surface area contributed by atoms with Gasteiger partial charge in [0.1, 0.15) is 5.75 Å². The number of aromatic hydroxyl groups is 1. The summed E-state index contributed by atoms with van der Waals surface area (Å²) in [4.78, 5) is 36.6. The van der Waals surface area contributed by atoms with Crippen molar-refractivity contribution < 1.29 is 19.5 Å². The number of nitrogens with zero attached hydrogens (tertiary/aromatic N) is 1. The third-order valence-electron chi connectivity index (χ3n) is 3.17. The Hall–Kier alpha value is -2.57. The summed E-state index contributed by atoms with van der Waals surface area (Å²) in [5, 5.41) is 13.9. The summed E-state index contributed by atoms with van der Waals surface area (Å²) in [7, 11) is 0. The van der Waals surface area contributed by atoms with Crippen molar-refractivity contribution >= 4 is 23.4 Å². The van der Waals surface area contributed by atoms with E-state index in [2.05, 4.69) is 10.6 Å². The van der Waals surface area contributed by atoms with Crippen LogP contribution in [-0.4, -0.2) is 47.4 Å². The second kappa shape index (κ2) is 6.74. The summed E-state index contributed by atoms with van der Waals surface area (Å²) < 4.78 is 0. The highest BCUT2D eigenvalue weighted by Gasteiger charge is 2.20. The van der Waals surface area contributed by atoms with Crippen molar-refractivity contribution in [2.24, 2.45) is 0 Å². The maximum absolute atomic E-state index is 11.7. The van der Waals surface area contributed by atoms with Gasteiger partial charge in [-0.2, -0.15) is 0 Å². The molecule has 7 nitrogen and oxygen atoms in total. The highest BCUT2D eigenvalue weighted by atomic mass is 16.3. The Morgan fingerprint density at radius 1 is 1.14 bits per heavy atom. The maximum atomic E-state index is 11.7. The maximum Gasteiger partial charge on any atom is 0.313 e. The molecular weight excluding hydrogens is 274 g/mol. The average molecular weight is 291 g/mol. The number of anilines is 1. The minimum atomic E-state index is -0.883. The van der Waals surface area contributed by atoms with Gasteiger partial charge in [0.15, 0.2) is 0 Å². The van der Waals surface area contributed by atoms with Crippen LogP contribution < -0.4 is 10.6 Å². The predicted molar refractivity (Wildman–Crippen MR) is 75.6 cm³/mol. The number of amides is 3. The van der Waals surface area contributed by atoms with Crippen LogP contribution in [0, 0.1) is 0 Å². The molecule has 0 aromatic heterocycles. The van der Waals surface area contributed by atoms with Crippen LogP contribution in [0.1, 0.15) is 12.8 Å². The van der Waals surface area contributed by atoms with Gasteiger partial charge in [0.2, 0.25) is 5.91 Å². The Morgan fingerprint density at radius 2 is 1.86 bits per heavy atom. The van der Waals surface area contributed by atoms with E-state index in [4.69, 9.17) is 0 Å². The van der Waals surface area contributed by atoms with Crippen LogP contribution in [0.4, 0.5) is 5.69 Å². The van der Waals surface area contributed by atoms with E-state index in [1.54, 1.807) is 17.0 Å². The molecule has 1 saturated heterocycles. The van der Waals surface area contributed by atoms with Gasteiger partial charge < -0.3 is 20.6 Å². The first-order valence-electron chi connectivity index (χ1n) is 6.72. The molecule has 2 rings (SSSR count). The SMILES string of the molecule is O=C(NCC(=O)N1CCCC1)C(=O)Nc1cccc(O)c1. The Labute approximate surface area is 121 Å². The first kappa shape index (κ1) is 14.8. The molecule has 1 aromatic rings. The van der Waals surface area contributed by atoms with Crippen LogP contribution in [0.3, 0.4) is 0 Å². The van der Waals surface area contributed by atoms with Gasteiger partial charge in [-0.25, -0.2) is 0 Å². The number of hydrogen-bond acceptors (Lipinski definition) is 4. The Bertz CT molecular complexity index is 553. The molecule has 1 aliphatic rings. The normalized spacial score (nSPS) is 13.8. The Balaban J connectivity index is 1.79. The van der Waals surface area contributed by atoms with E-state index >= 15 is 0 Å². The first-order chi connectivity index (χ1) is 10.1. The van der Waals surface area contributed by atoms with E-state index in [1.165, 1.54) is 12.1 Å². The zero-order valence-electron chi connectivity index (χ0n) is 11.5. The lowest BCUT2D eigenvalue weighted by Crippen LogP contribution is -2.42. The van der Waals surface area contributed by atoms with Crippen molar-refractivity contribution in [3.8, 4) is 5.75 Å². The molecule has 0 aliphatic carbocycles. The van der Waals surface area contributed by atoms with Gasteiger partial charge in [0.25, 0.3) is 0 Å². The van der Waals surface area contributed by atoms with Crippen molar-refractivity contribution in [3.05, 3.63) is 24.3 Å². The summed E-state index contributed by atoms with van der Waals surface area (Å²) in [6.45, 7) is 1.21. The summed E-state index contributed by atoms with van der Waals surface area (Å²) in [6, 6.07) is 5.85. The van der Waals surface area contributed by atoms with Crippen molar-refractivity contribution in [2.75, 3.05) is 25.0 Å². The molecule has 7 heteroatoms. The fraction of sp³-hybridized carbons (Fsp3) is 0.357. The van der Waals surface area contributed by atoms with E-state index in [-0.39, 0.29) is 18.2 Å². The smallest absolute Gasteiger partial charge is 0.313 e. The zero-order valence-corrected chi connectivity index (χ0v) is 11.5. The molecule has 0 atom stereocenters. The summed E-state index contributed by atoms with van der Waals surface area (Å²) in [5.41, 5.74) is 0.306. The average Bonchev–Trinajstić information content (AvgIpc) is 2.98. The van der Waals surface area contributed by atoms with Gasteiger partial charge in [-0.15, -0.1) is 0 Å². The van der Waals surface area contributed by atoms with Crippen molar-refractivity contribution in [1.29, 1.82) is 0 Å². The van der Waals surface area contributed by atoms with Crippen molar-refractivity contribution in [1.82, 2.24) is 10.2 Å². The number of phenolic OH excluding ortho intramolecular Hbond substituents is 1. The fourth-order valence-electron chi connectivity index (χ4n) is 2.09. The van der Waals surface area contributed by atoms with E-state index in [0.29, 0.717) is 18.8 Å². The van der Waals surface area contributed by atoms with Crippen molar-refractivity contribution in [3.63, 3.8) is 0 Å². The van der Waals surface area contributed by atoms with E-state index < -0.39 is 11.8 Å². The molecule has 3 N–H and O–H groups in total. The van der Waals surface area contributed by atoms with Crippen LogP contribution in [0.25, 0.3) is 0 Å². The summed E-state index contributed by atoms with van der Waals surface area (Å²) in [5.74, 6) is -1.97. The number of rotatable bonds is 3. The fourth-order valence-corrected chi connectivity index (χ4v) is 2.09. The molecule has 0 bridgehead atoms. The second-order valence-electron chi connectivity index (χ2n) is 4.78. The predicted octanol–water partition coefficient (Wildman–Crippen LogP) is 0.0693. The van der Waals surface area contributed by atoms with Crippen LogP contribution in [0.2, 0.25) is 0 Å². The van der Waals surface area contributed by atoms with E-state index in [9.17, 15) is 19.5 Å². The quantitative estimate of drug-likeness (QED) is 0.686. The van der Waals surface area contributed by atoms with Gasteiger partial charge in [0, 0.05) is 24.8 Å². The second-order valence-corrected chi connectivity index (χ2v) is 4.78. The lowest BCUT2D eigenvalue weighted by Gasteiger charge is -2.15. The number of nitrogens with one attached hydrogen (secondary N) is 2. The minimum absolute atomic E-state index is 0.0163. The lowest BCUT2D eigenvalue weighted by atomic mass is 10.3. The monoisotopic (exact) mass is 291 g/mol. The van der Waals surface area contributed by atoms with Gasteiger partial charge in [-0.1, -0.05) is 6.07 Å². The van der Waals surface area contributed by atoms with Crippen LogP contribution in [-0.2, 0) is 14.4 Å². The molecule has 1 aromatic carbocycles. The number of carbonyl (C=O) groups is 3. The Kier molecular flexibility index (Phi) is 4.76. The highest BCUT2D eigenvalue weighted by molar-refractivity contribution is 6.39. The van der Waals surface area contributed by atoms with Gasteiger partial charge in [-0.3, -0.25) is 14.4 Å². The number of benzene rings is 1. The molecule has 21 heavy (non-hydrogen) atoms. The third kappa shape index (κ3) is 4.20. The highest BCUT2D eigenvalue weighted by Crippen LogP contribution is 2.15. The molecule has 0 spiro atoms. The third-order valence-corrected chi connectivity index (χ3v) is 3.17. The van der Waals surface area contributed by atoms with Gasteiger partial charge in [-0.05, 0) is 25.0 Å². The summed E-state index contributed by atoms with van der Waals surface area (Å²) in [6.07, 6.45) is 1.94. The molecule has 112 valence electrons.